The monoisotopic (exact) mass is 332 g/mol. The number of imidazole rings is 1. The van der Waals surface area contributed by atoms with E-state index in [2.05, 4.69) is 20.3 Å². The van der Waals surface area contributed by atoms with Gasteiger partial charge in [-0.2, -0.15) is 0 Å². The van der Waals surface area contributed by atoms with Crippen LogP contribution in [-0.4, -0.2) is 27.7 Å². The van der Waals surface area contributed by atoms with Crippen LogP contribution in [0, 0.1) is 5.82 Å². The van der Waals surface area contributed by atoms with Gasteiger partial charge in [0, 0.05) is 16.0 Å². The van der Waals surface area contributed by atoms with Gasteiger partial charge in [0.05, 0.1) is 6.61 Å². The van der Waals surface area contributed by atoms with Crippen molar-refractivity contribution >= 4 is 35.0 Å². The number of rotatable bonds is 4. The standard InChI is InChI=1S/C15H13FN4O2S/c1-2-22-15(21)20-14-18-12-7-11(8-17-13(12)19-14)23-10-5-3-9(16)4-6-10/h3-8H,2H2,1H3,(H2,17,18,19,20,21). The Kier molecular flexibility index (Phi) is 4.42. The van der Waals surface area contributed by atoms with Crippen molar-refractivity contribution in [2.45, 2.75) is 16.7 Å². The molecule has 3 rings (SSSR count). The third-order valence-electron chi connectivity index (χ3n) is 2.86. The molecule has 118 valence electrons. The summed E-state index contributed by atoms with van der Waals surface area (Å²) in [6, 6.07) is 8.04. The molecule has 0 fully saturated rings. The van der Waals surface area contributed by atoms with Gasteiger partial charge in [0.2, 0.25) is 5.95 Å². The highest BCUT2D eigenvalue weighted by atomic mass is 32.2. The average Bonchev–Trinajstić information content (AvgIpc) is 2.91. The molecule has 2 heterocycles. The molecule has 2 aromatic heterocycles. The third-order valence-corrected chi connectivity index (χ3v) is 3.82. The maximum absolute atomic E-state index is 12.9. The zero-order chi connectivity index (χ0) is 16.2. The first-order valence-corrected chi connectivity index (χ1v) is 7.68. The Labute approximate surface area is 135 Å². The normalized spacial score (nSPS) is 10.7. The van der Waals surface area contributed by atoms with Gasteiger partial charge in [-0.1, -0.05) is 11.8 Å². The van der Waals surface area contributed by atoms with Gasteiger partial charge in [0.15, 0.2) is 5.65 Å². The second kappa shape index (κ2) is 6.66. The van der Waals surface area contributed by atoms with Crippen LogP contribution in [0.1, 0.15) is 6.92 Å². The van der Waals surface area contributed by atoms with Gasteiger partial charge in [-0.05, 0) is 37.3 Å². The lowest BCUT2D eigenvalue weighted by atomic mass is 10.4. The van der Waals surface area contributed by atoms with E-state index in [4.69, 9.17) is 4.74 Å². The van der Waals surface area contributed by atoms with E-state index in [9.17, 15) is 9.18 Å². The average molecular weight is 332 g/mol. The van der Waals surface area contributed by atoms with Crippen LogP contribution >= 0.6 is 11.8 Å². The number of H-pyrrole nitrogens is 1. The quantitative estimate of drug-likeness (QED) is 0.759. The number of pyridine rings is 1. The molecule has 0 aliphatic carbocycles. The van der Waals surface area contributed by atoms with Gasteiger partial charge in [-0.3, -0.25) is 5.32 Å². The highest BCUT2D eigenvalue weighted by Crippen LogP contribution is 2.29. The first kappa shape index (κ1) is 15.3. The van der Waals surface area contributed by atoms with Crippen LogP contribution < -0.4 is 5.32 Å². The van der Waals surface area contributed by atoms with Crippen molar-refractivity contribution in [3.63, 3.8) is 0 Å². The molecular formula is C15H13FN4O2S. The zero-order valence-electron chi connectivity index (χ0n) is 12.2. The summed E-state index contributed by atoms with van der Waals surface area (Å²) in [5.41, 5.74) is 1.17. The first-order valence-electron chi connectivity index (χ1n) is 6.87. The van der Waals surface area contributed by atoms with E-state index in [1.165, 1.54) is 23.9 Å². The van der Waals surface area contributed by atoms with E-state index in [1.54, 1.807) is 25.3 Å². The second-order valence-electron chi connectivity index (χ2n) is 4.53. The third kappa shape index (κ3) is 3.78. The van der Waals surface area contributed by atoms with Crippen molar-refractivity contribution in [2.24, 2.45) is 0 Å². The Morgan fingerprint density at radius 1 is 1.35 bits per heavy atom. The fraction of sp³-hybridized carbons (Fsp3) is 0.133. The topological polar surface area (TPSA) is 79.9 Å². The molecule has 0 bridgehead atoms. The second-order valence-corrected chi connectivity index (χ2v) is 5.67. The van der Waals surface area contributed by atoms with Crippen LogP contribution in [-0.2, 0) is 4.74 Å². The summed E-state index contributed by atoms with van der Waals surface area (Å²) < 4.78 is 17.7. The number of hydrogen-bond acceptors (Lipinski definition) is 5. The summed E-state index contributed by atoms with van der Waals surface area (Å²) in [5, 5.41) is 2.49. The zero-order valence-corrected chi connectivity index (χ0v) is 13.0. The smallest absolute Gasteiger partial charge is 0.413 e. The number of carbonyl (C=O) groups is 1. The number of nitrogens with one attached hydrogen (secondary N) is 2. The number of amides is 1. The molecule has 0 aliphatic rings. The molecule has 0 radical (unpaired) electrons. The van der Waals surface area contributed by atoms with Gasteiger partial charge in [-0.25, -0.2) is 19.2 Å². The summed E-state index contributed by atoms with van der Waals surface area (Å²) in [4.78, 5) is 24.5. The molecule has 23 heavy (non-hydrogen) atoms. The fourth-order valence-electron chi connectivity index (χ4n) is 1.89. The molecule has 0 saturated heterocycles. The Hall–Kier alpha value is -2.61. The number of aromatic nitrogens is 3. The Balaban J connectivity index is 1.78. The predicted molar refractivity (Wildman–Crippen MR) is 85.1 cm³/mol. The number of nitrogens with zero attached hydrogens (tertiary/aromatic N) is 2. The molecule has 0 saturated carbocycles. The van der Waals surface area contributed by atoms with Gasteiger partial charge in [-0.15, -0.1) is 0 Å². The summed E-state index contributed by atoms with van der Waals surface area (Å²) in [6.45, 7) is 2.00. The minimum atomic E-state index is -0.576. The summed E-state index contributed by atoms with van der Waals surface area (Å²) in [5.74, 6) is -0.000193. The van der Waals surface area contributed by atoms with E-state index in [1.807, 2.05) is 6.07 Å². The lowest BCUT2D eigenvalue weighted by Gasteiger charge is -2.00. The van der Waals surface area contributed by atoms with Crippen molar-refractivity contribution in [1.29, 1.82) is 0 Å². The van der Waals surface area contributed by atoms with Gasteiger partial charge >= 0.3 is 6.09 Å². The van der Waals surface area contributed by atoms with Crippen LogP contribution in [0.3, 0.4) is 0 Å². The number of ether oxygens (including phenoxy) is 1. The highest BCUT2D eigenvalue weighted by Gasteiger charge is 2.09. The molecule has 8 heteroatoms. The number of anilines is 1. The van der Waals surface area contributed by atoms with Crippen molar-refractivity contribution in [2.75, 3.05) is 11.9 Å². The van der Waals surface area contributed by atoms with E-state index >= 15 is 0 Å². The Bertz CT molecular complexity index is 835. The molecule has 2 N–H and O–H groups in total. The molecule has 0 spiro atoms. The van der Waals surface area contributed by atoms with Crippen LogP contribution in [0.2, 0.25) is 0 Å². The fourth-order valence-corrected chi connectivity index (χ4v) is 2.71. The van der Waals surface area contributed by atoms with Gasteiger partial charge < -0.3 is 9.72 Å². The lowest BCUT2D eigenvalue weighted by molar-refractivity contribution is 0.167. The highest BCUT2D eigenvalue weighted by molar-refractivity contribution is 7.99. The van der Waals surface area contributed by atoms with E-state index < -0.39 is 6.09 Å². The number of aromatic amines is 1. The largest absolute Gasteiger partial charge is 0.450 e. The molecule has 6 nitrogen and oxygen atoms in total. The molecule has 3 aromatic rings. The summed E-state index contributed by atoms with van der Waals surface area (Å²) in [7, 11) is 0. The van der Waals surface area contributed by atoms with E-state index in [-0.39, 0.29) is 18.4 Å². The molecule has 0 atom stereocenters. The molecule has 1 amide bonds. The molecule has 0 aliphatic heterocycles. The van der Waals surface area contributed by atoms with Crippen molar-refractivity contribution < 1.29 is 13.9 Å². The summed E-state index contributed by atoms with van der Waals surface area (Å²) in [6.07, 6.45) is 1.11. The van der Waals surface area contributed by atoms with Gasteiger partial charge in [0.1, 0.15) is 11.3 Å². The molecule has 1 aromatic carbocycles. The number of halogens is 1. The molecule has 0 unspecified atom stereocenters. The maximum Gasteiger partial charge on any atom is 0.413 e. The minimum absolute atomic E-state index is 0.273. The van der Waals surface area contributed by atoms with Crippen LogP contribution in [0.25, 0.3) is 11.2 Å². The van der Waals surface area contributed by atoms with Crippen molar-refractivity contribution in [3.05, 3.63) is 42.3 Å². The predicted octanol–water partition coefficient (Wildman–Crippen LogP) is 3.82. The SMILES string of the molecule is CCOC(=O)Nc1nc2cc(Sc3ccc(F)cc3)cnc2[nH]1. The van der Waals surface area contributed by atoms with Crippen LogP contribution in [0.5, 0.6) is 0 Å². The van der Waals surface area contributed by atoms with E-state index in [0.29, 0.717) is 11.2 Å². The maximum atomic E-state index is 12.9. The number of carbonyl (C=O) groups excluding carboxylic acids is 1. The van der Waals surface area contributed by atoms with Crippen LogP contribution in [0.15, 0.2) is 46.3 Å². The first-order chi connectivity index (χ1) is 11.1. The Morgan fingerprint density at radius 2 is 2.13 bits per heavy atom. The van der Waals surface area contributed by atoms with Crippen molar-refractivity contribution in [1.82, 2.24) is 15.0 Å². The van der Waals surface area contributed by atoms with Gasteiger partial charge in [0.25, 0.3) is 0 Å². The van der Waals surface area contributed by atoms with Crippen LogP contribution in [0.4, 0.5) is 15.1 Å². The minimum Gasteiger partial charge on any atom is -0.450 e. The Morgan fingerprint density at radius 3 is 2.87 bits per heavy atom. The lowest BCUT2D eigenvalue weighted by Crippen LogP contribution is -2.14. The molecular weight excluding hydrogens is 319 g/mol. The summed E-state index contributed by atoms with van der Waals surface area (Å²) >= 11 is 1.45. The number of hydrogen-bond donors (Lipinski definition) is 2. The number of benzene rings is 1. The number of fused-ring (bicyclic) bond motifs is 1. The van der Waals surface area contributed by atoms with E-state index in [0.717, 1.165) is 9.79 Å². The van der Waals surface area contributed by atoms with Crippen molar-refractivity contribution in [3.8, 4) is 0 Å².